The quantitative estimate of drug-likeness (QED) is 0.724. The number of carbonyl (C=O) groups is 1. The molecule has 0 bridgehead atoms. The molecule has 0 unspecified atom stereocenters. The predicted molar refractivity (Wildman–Crippen MR) is 82.9 cm³/mol. The number of amides is 1. The van der Waals surface area contributed by atoms with Crippen LogP contribution in [0.1, 0.15) is 12.0 Å². The molecule has 1 amide bonds. The molecule has 7 heteroatoms. The summed E-state index contributed by atoms with van der Waals surface area (Å²) in [4.78, 5) is 11.9. The van der Waals surface area contributed by atoms with Gasteiger partial charge in [-0.2, -0.15) is 0 Å². The largest absolute Gasteiger partial charge is 0.385 e. The first kappa shape index (κ1) is 17.5. The highest BCUT2D eigenvalue weighted by molar-refractivity contribution is 7.92. The monoisotopic (exact) mass is 314 g/mol. The second kappa shape index (κ2) is 7.99. The number of methoxy groups -OCH3 is 1. The normalized spacial score (nSPS) is 11.2. The van der Waals surface area contributed by atoms with Gasteiger partial charge in [0.15, 0.2) is 0 Å². The maximum atomic E-state index is 11.9. The van der Waals surface area contributed by atoms with E-state index in [1.54, 1.807) is 25.3 Å². The second-order valence-electron chi connectivity index (χ2n) is 4.80. The number of nitrogens with one attached hydrogen (secondary N) is 1. The van der Waals surface area contributed by atoms with Crippen molar-refractivity contribution in [1.29, 1.82) is 0 Å². The highest BCUT2D eigenvalue weighted by Gasteiger charge is 2.20. The van der Waals surface area contributed by atoms with Crippen molar-refractivity contribution in [3.8, 4) is 0 Å². The molecule has 118 valence electrons. The minimum absolute atomic E-state index is 0.227. The van der Waals surface area contributed by atoms with Crippen LogP contribution in [0.25, 0.3) is 0 Å². The van der Waals surface area contributed by atoms with Crippen LogP contribution in [0.3, 0.4) is 0 Å². The lowest BCUT2D eigenvalue weighted by molar-refractivity contribution is -0.119. The number of anilines is 1. The summed E-state index contributed by atoms with van der Waals surface area (Å²) in [5, 5.41) is 2.68. The van der Waals surface area contributed by atoms with E-state index >= 15 is 0 Å². The van der Waals surface area contributed by atoms with Gasteiger partial charge in [-0.15, -0.1) is 0 Å². The lowest BCUT2D eigenvalue weighted by atomic mass is 10.2. The molecular weight excluding hydrogens is 292 g/mol. The third kappa shape index (κ3) is 6.14. The van der Waals surface area contributed by atoms with Gasteiger partial charge in [-0.05, 0) is 31.0 Å². The van der Waals surface area contributed by atoms with E-state index in [9.17, 15) is 13.2 Å². The zero-order valence-corrected chi connectivity index (χ0v) is 13.4. The van der Waals surface area contributed by atoms with Gasteiger partial charge in [0.2, 0.25) is 15.9 Å². The van der Waals surface area contributed by atoms with Gasteiger partial charge in [-0.1, -0.05) is 12.1 Å². The fourth-order valence-corrected chi connectivity index (χ4v) is 2.66. The van der Waals surface area contributed by atoms with Crippen molar-refractivity contribution in [3.63, 3.8) is 0 Å². The first-order valence-electron chi connectivity index (χ1n) is 6.64. The number of hydrogen-bond acceptors (Lipinski definition) is 4. The van der Waals surface area contributed by atoms with E-state index in [1.807, 2.05) is 13.0 Å². The SMILES string of the molecule is COCCCNC(=O)CN(c1cccc(C)c1)S(C)(=O)=O. The molecule has 0 heterocycles. The van der Waals surface area contributed by atoms with Crippen molar-refractivity contribution in [2.45, 2.75) is 13.3 Å². The van der Waals surface area contributed by atoms with Gasteiger partial charge in [0.05, 0.1) is 11.9 Å². The van der Waals surface area contributed by atoms with Crippen LogP contribution in [0.4, 0.5) is 5.69 Å². The van der Waals surface area contributed by atoms with Crippen LogP contribution in [-0.4, -0.2) is 47.4 Å². The third-order valence-corrected chi connectivity index (χ3v) is 3.97. The summed E-state index contributed by atoms with van der Waals surface area (Å²) in [6.45, 7) is 2.65. The van der Waals surface area contributed by atoms with Gasteiger partial charge >= 0.3 is 0 Å². The smallest absolute Gasteiger partial charge is 0.240 e. The molecule has 0 spiro atoms. The van der Waals surface area contributed by atoms with E-state index in [1.165, 1.54) is 0 Å². The molecule has 21 heavy (non-hydrogen) atoms. The van der Waals surface area contributed by atoms with Crippen molar-refractivity contribution < 1.29 is 17.9 Å². The Balaban J connectivity index is 2.75. The highest BCUT2D eigenvalue weighted by atomic mass is 32.2. The maximum Gasteiger partial charge on any atom is 0.240 e. The van der Waals surface area contributed by atoms with Crippen LogP contribution in [0.15, 0.2) is 24.3 Å². The fourth-order valence-electron chi connectivity index (χ4n) is 1.81. The molecule has 0 saturated heterocycles. The summed E-state index contributed by atoms with van der Waals surface area (Å²) in [6, 6.07) is 7.04. The summed E-state index contributed by atoms with van der Waals surface area (Å²) >= 11 is 0. The Morgan fingerprint density at radius 1 is 1.38 bits per heavy atom. The van der Waals surface area contributed by atoms with E-state index in [0.29, 0.717) is 25.3 Å². The number of benzene rings is 1. The molecular formula is C14H22N2O4S. The molecule has 1 aromatic rings. The Labute approximate surface area is 126 Å². The zero-order valence-electron chi connectivity index (χ0n) is 12.6. The predicted octanol–water partition coefficient (Wildman–Crippen LogP) is 0.914. The fraction of sp³-hybridized carbons (Fsp3) is 0.500. The van der Waals surface area contributed by atoms with Crippen molar-refractivity contribution in [3.05, 3.63) is 29.8 Å². The van der Waals surface area contributed by atoms with Gasteiger partial charge in [0, 0.05) is 20.3 Å². The zero-order chi connectivity index (χ0) is 15.9. The Morgan fingerprint density at radius 3 is 2.67 bits per heavy atom. The summed E-state index contributed by atoms with van der Waals surface area (Å²) in [6.07, 6.45) is 1.78. The minimum Gasteiger partial charge on any atom is -0.385 e. The van der Waals surface area contributed by atoms with Crippen molar-refractivity contribution in [2.75, 3.05) is 37.4 Å². The molecule has 0 aliphatic heterocycles. The van der Waals surface area contributed by atoms with Gasteiger partial charge < -0.3 is 10.1 Å². The minimum atomic E-state index is -3.52. The van der Waals surface area contributed by atoms with Crippen LogP contribution in [-0.2, 0) is 19.6 Å². The van der Waals surface area contributed by atoms with E-state index < -0.39 is 10.0 Å². The molecule has 1 N–H and O–H groups in total. The first-order valence-corrected chi connectivity index (χ1v) is 8.49. The molecule has 0 atom stereocenters. The molecule has 6 nitrogen and oxygen atoms in total. The van der Waals surface area contributed by atoms with Crippen LogP contribution in [0.2, 0.25) is 0 Å². The van der Waals surface area contributed by atoms with Gasteiger partial charge in [-0.25, -0.2) is 8.42 Å². The molecule has 0 aliphatic carbocycles. The number of carbonyl (C=O) groups excluding carboxylic acids is 1. The second-order valence-corrected chi connectivity index (χ2v) is 6.71. The number of aryl methyl sites for hydroxylation is 1. The molecule has 1 rings (SSSR count). The third-order valence-electron chi connectivity index (χ3n) is 2.82. The molecule has 0 aromatic heterocycles. The van der Waals surface area contributed by atoms with Crippen LogP contribution in [0, 0.1) is 6.92 Å². The van der Waals surface area contributed by atoms with Crippen LogP contribution >= 0.6 is 0 Å². The first-order chi connectivity index (χ1) is 9.84. The number of rotatable bonds is 8. The standard InChI is InChI=1S/C14H22N2O4S/c1-12-6-4-7-13(10-12)16(21(3,18)19)11-14(17)15-8-5-9-20-2/h4,6-7,10H,5,8-9,11H2,1-3H3,(H,15,17). The Kier molecular flexibility index (Phi) is 6.64. The van der Waals surface area contributed by atoms with Crippen LogP contribution < -0.4 is 9.62 Å². The van der Waals surface area contributed by atoms with E-state index in [-0.39, 0.29) is 12.5 Å². The summed E-state index contributed by atoms with van der Waals surface area (Å²) in [7, 11) is -1.93. The van der Waals surface area contributed by atoms with Crippen molar-refractivity contribution >= 4 is 21.6 Å². The van der Waals surface area contributed by atoms with Gasteiger partial charge in [0.25, 0.3) is 0 Å². The number of nitrogens with zero attached hydrogens (tertiary/aromatic N) is 1. The molecule has 0 fully saturated rings. The lowest BCUT2D eigenvalue weighted by Crippen LogP contribution is -2.40. The highest BCUT2D eigenvalue weighted by Crippen LogP contribution is 2.18. The average molecular weight is 314 g/mol. The summed E-state index contributed by atoms with van der Waals surface area (Å²) in [5.41, 5.74) is 1.42. The summed E-state index contributed by atoms with van der Waals surface area (Å²) in [5.74, 6) is -0.335. The Hall–Kier alpha value is -1.60. The number of ether oxygens (including phenoxy) is 1. The van der Waals surface area contributed by atoms with E-state index in [2.05, 4.69) is 5.32 Å². The van der Waals surface area contributed by atoms with E-state index in [0.717, 1.165) is 16.1 Å². The van der Waals surface area contributed by atoms with Gasteiger partial charge in [0.1, 0.15) is 6.54 Å². The van der Waals surface area contributed by atoms with E-state index in [4.69, 9.17) is 4.74 Å². The number of hydrogen-bond donors (Lipinski definition) is 1. The summed E-state index contributed by atoms with van der Waals surface area (Å²) < 4.78 is 29.7. The maximum absolute atomic E-state index is 11.9. The van der Waals surface area contributed by atoms with Crippen molar-refractivity contribution in [2.24, 2.45) is 0 Å². The molecule has 0 aliphatic rings. The Morgan fingerprint density at radius 2 is 2.10 bits per heavy atom. The van der Waals surface area contributed by atoms with Crippen molar-refractivity contribution in [1.82, 2.24) is 5.32 Å². The topological polar surface area (TPSA) is 75.7 Å². The lowest BCUT2D eigenvalue weighted by Gasteiger charge is -2.22. The number of sulfonamides is 1. The molecule has 0 saturated carbocycles. The van der Waals surface area contributed by atoms with Gasteiger partial charge in [-0.3, -0.25) is 9.10 Å². The molecule has 0 radical (unpaired) electrons. The van der Waals surface area contributed by atoms with Crippen LogP contribution in [0.5, 0.6) is 0 Å². The average Bonchev–Trinajstić information content (AvgIpc) is 2.40. The molecule has 1 aromatic carbocycles. The Bertz CT molecular complexity index is 572.